The zero-order valence-electron chi connectivity index (χ0n) is 13.1. The molecule has 3 rings (SSSR count). The van der Waals surface area contributed by atoms with Gasteiger partial charge in [0.2, 0.25) is 5.43 Å². The highest BCUT2D eigenvalue weighted by Crippen LogP contribution is 2.32. The van der Waals surface area contributed by atoms with E-state index in [0.717, 1.165) is 0 Å². The number of rotatable bonds is 4. The van der Waals surface area contributed by atoms with Crippen LogP contribution in [0.15, 0.2) is 51.9 Å². The summed E-state index contributed by atoms with van der Waals surface area (Å²) in [5.41, 5.74) is 1.44. The van der Waals surface area contributed by atoms with Crippen LogP contribution in [0.3, 0.4) is 0 Å². The molecule has 3 aromatic rings. The average Bonchev–Trinajstić information content (AvgIpc) is 2.61. The minimum absolute atomic E-state index is 0.127. The molecule has 5 heteroatoms. The van der Waals surface area contributed by atoms with Crippen molar-refractivity contribution in [1.82, 2.24) is 0 Å². The number of fused-ring (bicyclic) bond motifs is 1. The third kappa shape index (κ3) is 2.61. The standard InChI is InChI=1S/C18H16O5/c1-20-11-4-6-13(16(8-11)22-3)15-10-23-17-9-12(21-2)5-7-14(17)18(15)19/h4-10H,1-3H3. The zero-order valence-corrected chi connectivity index (χ0v) is 13.1. The topological polar surface area (TPSA) is 57.9 Å². The minimum Gasteiger partial charge on any atom is -0.497 e. The fourth-order valence-electron chi connectivity index (χ4n) is 2.44. The summed E-state index contributed by atoms with van der Waals surface area (Å²) in [6, 6.07) is 10.4. The molecule has 118 valence electrons. The molecule has 0 saturated carbocycles. The quantitative estimate of drug-likeness (QED) is 0.738. The van der Waals surface area contributed by atoms with E-state index >= 15 is 0 Å². The molecule has 0 unspecified atom stereocenters. The highest BCUT2D eigenvalue weighted by atomic mass is 16.5. The smallest absolute Gasteiger partial charge is 0.200 e. The summed E-state index contributed by atoms with van der Waals surface area (Å²) >= 11 is 0. The van der Waals surface area contributed by atoms with Crippen molar-refractivity contribution in [3.05, 3.63) is 52.9 Å². The number of ether oxygens (including phenoxy) is 3. The molecule has 0 N–H and O–H groups in total. The fraction of sp³-hybridized carbons (Fsp3) is 0.167. The van der Waals surface area contributed by atoms with Gasteiger partial charge in [-0.25, -0.2) is 0 Å². The summed E-state index contributed by atoms with van der Waals surface area (Å²) in [5, 5.41) is 0.487. The third-order valence-electron chi connectivity index (χ3n) is 3.68. The van der Waals surface area contributed by atoms with Crippen LogP contribution in [0.1, 0.15) is 0 Å². The van der Waals surface area contributed by atoms with Crippen molar-refractivity contribution in [2.75, 3.05) is 21.3 Å². The van der Waals surface area contributed by atoms with Crippen LogP contribution in [0.5, 0.6) is 17.2 Å². The van der Waals surface area contributed by atoms with Gasteiger partial charge in [0, 0.05) is 17.7 Å². The lowest BCUT2D eigenvalue weighted by Gasteiger charge is -2.10. The van der Waals surface area contributed by atoms with Gasteiger partial charge in [-0.15, -0.1) is 0 Å². The van der Waals surface area contributed by atoms with Gasteiger partial charge in [0.25, 0.3) is 0 Å². The molecule has 0 radical (unpaired) electrons. The monoisotopic (exact) mass is 312 g/mol. The molecular formula is C18H16O5. The molecule has 0 aliphatic rings. The van der Waals surface area contributed by atoms with Crippen molar-refractivity contribution >= 4 is 11.0 Å². The van der Waals surface area contributed by atoms with Gasteiger partial charge in [-0.3, -0.25) is 4.79 Å². The summed E-state index contributed by atoms with van der Waals surface area (Å²) in [6.07, 6.45) is 1.44. The Morgan fingerprint density at radius 1 is 0.826 bits per heavy atom. The first-order valence-electron chi connectivity index (χ1n) is 7.00. The van der Waals surface area contributed by atoms with E-state index < -0.39 is 0 Å². The van der Waals surface area contributed by atoms with Crippen LogP contribution >= 0.6 is 0 Å². The minimum atomic E-state index is -0.127. The molecule has 0 spiro atoms. The third-order valence-corrected chi connectivity index (χ3v) is 3.68. The predicted molar refractivity (Wildman–Crippen MR) is 87.6 cm³/mol. The molecule has 5 nitrogen and oxygen atoms in total. The van der Waals surface area contributed by atoms with Crippen LogP contribution < -0.4 is 19.6 Å². The molecule has 0 saturated heterocycles. The molecule has 1 heterocycles. The van der Waals surface area contributed by atoms with Crippen molar-refractivity contribution in [3.8, 4) is 28.4 Å². The van der Waals surface area contributed by atoms with Crippen molar-refractivity contribution in [2.24, 2.45) is 0 Å². The van der Waals surface area contributed by atoms with E-state index in [4.69, 9.17) is 18.6 Å². The summed E-state index contributed by atoms with van der Waals surface area (Å²) in [7, 11) is 4.69. The van der Waals surface area contributed by atoms with E-state index in [1.54, 1.807) is 57.7 Å². The maximum atomic E-state index is 12.8. The largest absolute Gasteiger partial charge is 0.497 e. The van der Waals surface area contributed by atoms with Crippen LogP contribution in [0.4, 0.5) is 0 Å². The summed E-state index contributed by atoms with van der Waals surface area (Å²) in [5.74, 6) is 1.83. The Labute approximate surface area is 133 Å². The summed E-state index contributed by atoms with van der Waals surface area (Å²) < 4.78 is 21.3. The van der Waals surface area contributed by atoms with Crippen LogP contribution in [0.2, 0.25) is 0 Å². The Bertz CT molecular complexity index is 911. The number of methoxy groups -OCH3 is 3. The number of benzene rings is 2. The van der Waals surface area contributed by atoms with Gasteiger partial charge < -0.3 is 18.6 Å². The zero-order chi connectivity index (χ0) is 16.4. The molecule has 2 aromatic carbocycles. The van der Waals surface area contributed by atoms with Gasteiger partial charge >= 0.3 is 0 Å². The first kappa shape index (κ1) is 15.0. The lowest BCUT2D eigenvalue weighted by Crippen LogP contribution is -2.06. The van der Waals surface area contributed by atoms with Gasteiger partial charge in [0.05, 0.1) is 32.3 Å². The fourth-order valence-corrected chi connectivity index (χ4v) is 2.44. The Morgan fingerprint density at radius 3 is 2.22 bits per heavy atom. The van der Waals surface area contributed by atoms with Crippen LogP contribution in [0.25, 0.3) is 22.1 Å². The highest BCUT2D eigenvalue weighted by Gasteiger charge is 2.14. The normalized spacial score (nSPS) is 10.6. The molecule has 0 aliphatic carbocycles. The van der Waals surface area contributed by atoms with E-state index in [0.29, 0.717) is 39.3 Å². The van der Waals surface area contributed by atoms with E-state index in [2.05, 4.69) is 0 Å². The summed E-state index contributed by atoms with van der Waals surface area (Å²) in [4.78, 5) is 12.8. The first-order chi connectivity index (χ1) is 11.2. The second-order valence-electron chi connectivity index (χ2n) is 4.91. The Morgan fingerprint density at radius 2 is 1.52 bits per heavy atom. The van der Waals surface area contributed by atoms with Gasteiger partial charge in [-0.05, 0) is 24.3 Å². The second-order valence-corrected chi connectivity index (χ2v) is 4.91. The predicted octanol–water partition coefficient (Wildman–Crippen LogP) is 3.49. The van der Waals surface area contributed by atoms with Gasteiger partial charge in [-0.1, -0.05) is 0 Å². The van der Waals surface area contributed by atoms with Gasteiger partial charge in [-0.2, -0.15) is 0 Å². The molecule has 1 aromatic heterocycles. The van der Waals surface area contributed by atoms with Crippen molar-refractivity contribution in [2.45, 2.75) is 0 Å². The molecule has 0 fully saturated rings. The van der Waals surface area contributed by atoms with E-state index in [9.17, 15) is 4.79 Å². The lowest BCUT2D eigenvalue weighted by atomic mass is 10.0. The first-order valence-corrected chi connectivity index (χ1v) is 7.00. The van der Waals surface area contributed by atoms with Crippen LogP contribution in [-0.2, 0) is 0 Å². The Hall–Kier alpha value is -2.95. The maximum Gasteiger partial charge on any atom is 0.200 e. The molecule has 0 amide bonds. The highest BCUT2D eigenvalue weighted by molar-refractivity contribution is 5.84. The lowest BCUT2D eigenvalue weighted by molar-refractivity contribution is 0.395. The molecular weight excluding hydrogens is 296 g/mol. The van der Waals surface area contributed by atoms with Crippen molar-refractivity contribution in [1.29, 1.82) is 0 Å². The SMILES string of the molecule is COc1ccc(-c2coc3cc(OC)ccc3c2=O)c(OC)c1. The Balaban J connectivity index is 2.21. The van der Waals surface area contributed by atoms with Gasteiger partial charge in [0.15, 0.2) is 0 Å². The maximum absolute atomic E-state index is 12.8. The molecule has 0 atom stereocenters. The number of hydrogen-bond donors (Lipinski definition) is 0. The molecule has 0 bridgehead atoms. The molecule has 23 heavy (non-hydrogen) atoms. The van der Waals surface area contributed by atoms with E-state index in [1.807, 2.05) is 0 Å². The van der Waals surface area contributed by atoms with Gasteiger partial charge in [0.1, 0.15) is 29.1 Å². The van der Waals surface area contributed by atoms with Crippen LogP contribution in [-0.4, -0.2) is 21.3 Å². The van der Waals surface area contributed by atoms with Crippen LogP contribution in [0, 0.1) is 0 Å². The molecule has 0 aliphatic heterocycles. The average molecular weight is 312 g/mol. The number of hydrogen-bond acceptors (Lipinski definition) is 5. The second kappa shape index (κ2) is 6.04. The summed E-state index contributed by atoms with van der Waals surface area (Å²) in [6.45, 7) is 0. The van der Waals surface area contributed by atoms with E-state index in [1.165, 1.54) is 6.26 Å². The van der Waals surface area contributed by atoms with Crippen molar-refractivity contribution in [3.63, 3.8) is 0 Å². The van der Waals surface area contributed by atoms with Crippen molar-refractivity contribution < 1.29 is 18.6 Å². The Kier molecular flexibility index (Phi) is 3.93. The van der Waals surface area contributed by atoms with E-state index in [-0.39, 0.29) is 5.43 Å².